The molecule has 0 spiro atoms. The van der Waals surface area contributed by atoms with Gasteiger partial charge in [-0.3, -0.25) is 4.99 Å². The van der Waals surface area contributed by atoms with Gasteiger partial charge < -0.3 is 15.0 Å². The van der Waals surface area contributed by atoms with Gasteiger partial charge in [-0.1, -0.05) is 43.1 Å². The van der Waals surface area contributed by atoms with Crippen LogP contribution in [-0.2, 0) is 11.3 Å². The minimum atomic E-state index is 0. The molecule has 25 heavy (non-hydrogen) atoms. The number of ether oxygens (including phenoxy) is 1. The van der Waals surface area contributed by atoms with Gasteiger partial charge in [0, 0.05) is 44.6 Å². The summed E-state index contributed by atoms with van der Waals surface area (Å²) in [6.07, 6.45) is 1.49. The summed E-state index contributed by atoms with van der Waals surface area (Å²) in [5, 5.41) is 4.81. The van der Waals surface area contributed by atoms with E-state index in [0.29, 0.717) is 34.7 Å². The van der Waals surface area contributed by atoms with Crippen LogP contribution in [0.25, 0.3) is 0 Å². The Morgan fingerprint density at radius 2 is 2.08 bits per heavy atom. The van der Waals surface area contributed by atoms with Gasteiger partial charge >= 0.3 is 0 Å². The van der Waals surface area contributed by atoms with Crippen molar-refractivity contribution < 1.29 is 4.74 Å². The smallest absolute Gasteiger partial charge is 0.193 e. The summed E-state index contributed by atoms with van der Waals surface area (Å²) < 4.78 is 5.87. The summed E-state index contributed by atoms with van der Waals surface area (Å²) >= 11 is 12.1. The second-order valence-electron chi connectivity index (χ2n) is 7.34. The molecule has 3 rings (SSSR count). The average Bonchev–Trinajstić information content (AvgIpc) is 2.98. The second kappa shape index (κ2) is 8.19. The molecule has 3 atom stereocenters. The first kappa shape index (κ1) is 21.1. The number of nitrogens with one attached hydrogen (secondary N) is 1. The summed E-state index contributed by atoms with van der Waals surface area (Å²) in [6, 6.07) is 6.12. The van der Waals surface area contributed by atoms with Crippen molar-refractivity contribution in [2.45, 2.75) is 39.0 Å². The van der Waals surface area contributed by atoms with Crippen molar-refractivity contribution in [3.05, 3.63) is 33.8 Å². The average molecular weight is 498 g/mol. The zero-order chi connectivity index (χ0) is 17.5. The first-order valence-corrected chi connectivity index (χ1v) is 9.10. The summed E-state index contributed by atoms with van der Waals surface area (Å²) in [5.41, 5.74) is 1.23. The number of aliphatic imine (C=N–C) groups is 1. The Balaban J connectivity index is 0.00000225. The first-order valence-electron chi connectivity index (χ1n) is 8.34. The fourth-order valence-corrected chi connectivity index (χ4v) is 4.41. The highest BCUT2D eigenvalue weighted by Crippen LogP contribution is 2.52. The van der Waals surface area contributed by atoms with Crippen LogP contribution in [0.5, 0.6) is 0 Å². The summed E-state index contributed by atoms with van der Waals surface area (Å²) in [6.45, 7) is 6.12. The SMILES string of the molecule is CN=C(NC1C2CCOC2C1(C)C)N(C)Cc1ccc(Cl)c(Cl)c1.I. The van der Waals surface area contributed by atoms with Gasteiger partial charge in [0.15, 0.2) is 5.96 Å². The maximum atomic E-state index is 6.11. The van der Waals surface area contributed by atoms with Crippen molar-refractivity contribution in [2.75, 3.05) is 20.7 Å². The molecule has 1 aliphatic heterocycles. The first-order chi connectivity index (χ1) is 11.3. The van der Waals surface area contributed by atoms with Crippen molar-refractivity contribution in [3.63, 3.8) is 0 Å². The molecular weight excluding hydrogens is 472 g/mol. The molecule has 1 aromatic carbocycles. The van der Waals surface area contributed by atoms with E-state index in [-0.39, 0.29) is 29.4 Å². The lowest BCUT2D eigenvalue weighted by Crippen LogP contribution is -2.67. The van der Waals surface area contributed by atoms with Gasteiger partial charge in [0.25, 0.3) is 0 Å². The molecule has 2 aliphatic rings. The Labute approximate surface area is 177 Å². The Bertz CT molecular complexity index is 653. The number of hydrogen-bond acceptors (Lipinski definition) is 2. The maximum absolute atomic E-state index is 6.11. The molecular formula is C18H26Cl2IN3O. The van der Waals surface area contributed by atoms with Crippen molar-refractivity contribution in [2.24, 2.45) is 16.3 Å². The summed E-state index contributed by atoms with van der Waals surface area (Å²) in [7, 11) is 3.86. The van der Waals surface area contributed by atoms with Gasteiger partial charge in [-0.25, -0.2) is 0 Å². The van der Waals surface area contributed by atoms with Gasteiger partial charge in [-0.2, -0.15) is 0 Å². The van der Waals surface area contributed by atoms with Crippen LogP contribution in [-0.4, -0.2) is 43.7 Å². The van der Waals surface area contributed by atoms with Crippen molar-refractivity contribution in [3.8, 4) is 0 Å². The number of fused-ring (bicyclic) bond motifs is 1. The number of rotatable bonds is 3. The standard InChI is InChI=1S/C18H25Cl2N3O.HI/c1-18(2)15(12-7-8-24-16(12)18)22-17(21-3)23(4)10-11-5-6-13(19)14(20)9-11;/h5-6,9,12,15-16H,7-8,10H2,1-4H3,(H,21,22);1H. The van der Waals surface area contributed by atoms with E-state index in [1.165, 1.54) is 0 Å². The molecule has 1 aliphatic carbocycles. The van der Waals surface area contributed by atoms with Crippen LogP contribution >= 0.6 is 47.2 Å². The van der Waals surface area contributed by atoms with Gasteiger partial charge in [0.2, 0.25) is 0 Å². The molecule has 1 saturated carbocycles. The number of nitrogens with zero attached hydrogens (tertiary/aromatic N) is 2. The summed E-state index contributed by atoms with van der Waals surface area (Å²) in [5.74, 6) is 1.47. The number of hydrogen-bond donors (Lipinski definition) is 1. The molecule has 1 N–H and O–H groups in total. The van der Waals surface area contributed by atoms with Gasteiger partial charge in [0.1, 0.15) is 0 Å². The lowest BCUT2D eigenvalue weighted by atomic mass is 9.57. The monoisotopic (exact) mass is 497 g/mol. The molecule has 4 nitrogen and oxygen atoms in total. The van der Waals surface area contributed by atoms with E-state index in [0.717, 1.165) is 24.6 Å². The molecule has 7 heteroatoms. The van der Waals surface area contributed by atoms with E-state index in [2.05, 4.69) is 29.1 Å². The highest BCUT2D eigenvalue weighted by Gasteiger charge is 2.59. The molecule has 1 heterocycles. The Morgan fingerprint density at radius 3 is 2.72 bits per heavy atom. The van der Waals surface area contributed by atoms with E-state index < -0.39 is 0 Å². The quantitative estimate of drug-likeness (QED) is 0.381. The normalized spacial score (nSPS) is 27.1. The van der Waals surface area contributed by atoms with Gasteiger partial charge in [-0.05, 0) is 24.1 Å². The van der Waals surface area contributed by atoms with E-state index in [1.54, 1.807) is 0 Å². The molecule has 140 valence electrons. The third-order valence-electron chi connectivity index (χ3n) is 5.36. The number of guanidine groups is 1. The predicted octanol–water partition coefficient (Wildman–Crippen LogP) is 4.43. The van der Waals surface area contributed by atoms with Gasteiger partial charge in [0.05, 0.1) is 16.1 Å². The van der Waals surface area contributed by atoms with Crippen LogP contribution in [0.4, 0.5) is 0 Å². The fourth-order valence-electron chi connectivity index (χ4n) is 4.09. The molecule has 3 unspecified atom stereocenters. The van der Waals surface area contributed by atoms with E-state index in [1.807, 2.05) is 32.3 Å². The van der Waals surface area contributed by atoms with Crippen molar-refractivity contribution in [1.29, 1.82) is 0 Å². The molecule has 0 bridgehead atoms. The fraction of sp³-hybridized carbons (Fsp3) is 0.611. The van der Waals surface area contributed by atoms with E-state index >= 15 is 0 Å². The molecule has 1 aromatic rings. The Kier molecular flexibility index (Phi) is 6.90. The third kappa shape index (κ3) is 4.04. The van der Waals surface area contributed by atoms with Crippen molar-refractivity contribution >= 4 is 53.1 Å². The minimum Gasteiger partial charge on any atom is -0.377 e. The van der Waals surface area contributed by atoms with Crippen LogP contribution in [0.2, 0.25) is 10.0 Å². The van der Waals surface area contributed by atoms with Crippen LogP contribution < -0.4 is 5.32 Å². The Hall–Kier alpha value is -0.240. The van der Waals surface area contributed by atoms with Crippen LogP contribution in [0.3, 0.4) is 0 Å². The summed E-state index contributed by atoms with van der Waals surface area (Å²) in [4.78, 5) is 6.57. The largest absolute Gasteiger partial charge is 0.377 e. The molecule has 0 radical (unpaired) electrons. The van der Waals surface area contributed by atoms with E-state index in [9.17, 15) is 0 Å². The van der Waals surface area contributed by atoms with Crippen LogP contribution in [0, 0.1) is 11.3 Å². The van der Waals surface area contributed by atoms with Crippen LogP contribution in [0.15, 0.2) is 23.2 Å². The van der Waals surface area contributed by atoms with E-state index in [4.69, 9.17) is 27.9 Å². The van der Waals surface area contributed by atoms with Crippen molar-refractivity contribution in [1.82, 2.24) is 10.2 Å². The Morgan fingerprint density at radius 1 is 1.36 bits per heavy atom. The van der Waals surface area contributed by atoms with Crippen LogP contribution in [0.1, 0.15) is 25.8 Å². The number of halogens is 3. The number of benzene rings is 1. The molecule has 0 amide bonds. The highest BCUT2D eigenvalue weighted by atomic mass is 127. The zero-order valence-electron chi connectivity index (χ0n) is 15.1. The molecule has 1 saturated heterocycles. The zero-order valence-corrected chi connectivity index (χ0v) is 18.9. The topological polar surface area (TPSA) is 36.9 Å². The minimum absolute atomic E-state index is 0. The highest BCUT2D eigenvalue weighted by molar-refractivity contribution is 14.0. The third-order valence-corrected chi connectivity index (χ3v) is 6.10. The lowest BCUT2D eigenvalue weighted by Gasteiger charge is -2.55. The molecule has 0 aromatic heterocycles. The maximum Gasteiger partial charge on any atom is 0.193 e. The predicted molar refractivity (Wildman–Crippen MR) is 115 cm³/mol. The second-order valence-corrected chi connectivity index (χ2v) is 8.15. The molecule has 2 fully saturated rings. The lowest BCUT2D eigenvalue weighted by molar-refractivity contribution is -0.107. The van der Waals surface area contributed by atoms with Gasteiger partial charge in [-0.15, -0.1) is 24.0 Å².